The normalized spacial score (nSPS) is 20.1. The van der Waals surface area contributed by atoms with Crippen molar-refractivity contribution in [3.63, 3.8) is 0 Å². The molecule has 0 amide bonds. The predicted molar refractivity (Wildman–Crippen MR) is 80.6 cm³/mol. The summed E-state index contributed by atoms with van der Waals surface area (Å²) in [6.07, 6.45) is 3.95. The van der Waals surface area contributed by atoms with Gasteiger partial charge in [-0.25, -0.2) is 0 Å². The Bertz CT molecular complexity index is 352. The summed E-state index contributed by atoms with van der Waals surface area (Å²) in [4.78, 5) is 2.45. The van der Waals surface area contributed by atoms with Crippen LogP contribution in [0, 0.1) is 0 Å². The molecule has 1 aliphatic heterocycles. The molecule has 1 aromatic carbocycles. The zero-order chi connectivity index (χ0) is 12.8. The van der Waals surface area contributed by atoms with Gasteiger partial charge in [-0.05, 0) is 37.0 Å². The van der Waals surface area contributed by atoms with Gasteiger partial charge in [0.1, 0.15) is 0 Å². The smallest absolute Gasteiger partial charge is 0.0750 e. The maximum Gasteiger partial charge on any atom is 0.0750 e. The standard InChI is InChI=1S/C15H22BrNO/c1-2-10-18-15-4-3-9-17(12-15)14-7-5-13(11-16)6-8-14/h5-8,15H,2-4,9-12H2,1H3. The molecule has 0 aliphatic carbocycles. The Hall–Kier alpha value is -0.540. The maximum absolute atomic E-state index is 5.88. The average molecular weight is 312 g/mol. The van der Waals surface area contributed by atoms with Gasteiger partial charge in [-0.2, -0.15) is 0 Å². The summed E-state index contributed by atoms with van der Waals surface area (Å²) in [5, 5.41) is 0.926. The third-order valence-corrected chi connectivity index (χ3v) is 4.04. The second kappa shape index (κ2) is 7.15. The number of hydrogen-bond acceptors (Lipinski definition) is 2. The van der Waals surface area contributed by atoms with Gasteiger partial charge in [0.2, 0.25) is 0 Å². The minimum atomic E-state index is 0.412. The fourth-order valence-electron chi connectivity index (χ4n) is 2.39. The summed E-state index contributed by atoms with van der Waals surface area (Å²) in [7, 11) is 0. The Labute approximate surface area is 118 Å². The van der Waals surface area contributed by atoms with Crippen molar-refractivity contribution in [2.24, 2.45) is 0 Å². The molecule has 0 aromatic heterocycles. The van der Waals surface area contributed by atoms with Crippen LogP contribution in [0.1, 0.15) is 31.7 Å². The van der Waals surface area contributed by atoms with Crippen molar-refractivity contribution in [3.05, 3.63) is 29.8 Å². The number of anilines is 1. The molecule has 0 spiro atoms. The van der Waals surface area contributed by atoms with Gasteiger partial charge in [0.25, 0.3) is 0 Å². The highest BCUT2D eigenvalue weighted by molar-refractivity contribution is 9.08. The van der Waals surface area contributed by atoms with Crippen molar-refractivity contribution in [1.82, 2.24) is 0 Å². The summed E-state index contributed by atoms with van der Waals surface area (Å²) in [6.45, 7) is 5.24. The fourth-order valence-corrected chi connectivity index (χ4v) is 2.76. The molecule has 0 saturated carbocycles. The monoisotopic (exact) mass is 311 g/mol. The van der Waals surface area contributed by atoms with E-state index in [2.05, 4.69) is 52.0 Å². The van der Waals surface area contributed by atoms with E-state index in [9.17, 15) is 0 Å². The van der Waals surface area contributed by atoms with Crippen LogP contribution in [0.4, 0.5) is 5.69 Å². The minimum absolute atomic E-state index is 0.412. The van der Waals surface area contributed by atoms with Gasteiger partial charge in [0, 0.05) is 30.7 Å². The first kappa shape index (κ1) is 13.9. The van der Waals surface area contributed by atoms with Crippen LogP contribution in [0.5, 0.6) is 0 Å². The van der Waals surface area contributed by atoms with Gasteiger partial charge in [-0.1, -0.05) is 35.0 Å². The van der Waals surface area contributed by atoms with Crippen molar-refractivity contribution in [3.8, 4) is 0 Å². The quantitative estimate of drug-likeness (QED) is 0.763. The third-order valence-electron chi connectivity index (χ3n) is 3.39. The summed E-state index contributed by atoms with van der Waals surface area (Å²) < 4.78 is 5.88. The number of ether oxygens (including phenoxy) is 1. The second-order valence-electron chi connectivity index (χ2n) is 4.88. The van der Waals surface area contributed by atoms with Crippen molar-refractivity contribution in [1.29, 1.82) is 0 Å². The molecule has 1 heterocycles. The molecule has 100 valence electrons. The third kappa shape index (κ3) is 3.72. The van der Waals surface area contributed by atoms with Crippen molar-refractivity contribution < 1.29 is 4.74 Å². The lowest BCUT2D eigenvalue weighted by Crippen LogP contribution is -2.39. The lowest BCUT2D eigenvalue weighted by atomic mass is 10.1. The van der Waals surface area contributed by atoms with Crippen LogP contribution >= 0.6 is 15.9 Å². The first-order chi connectivity index (χ1) is 8.83. The second-order valence-corrected chi connectivity index (χ2v) is 5.44. The fraction of sp³-hybridized carbons (Fsp3) is 0.600. The van der Waals surface area contributed by atoms with Gasteiger partial charge in [0.15, 0.2) is 0 Å². The van der Waals surface area contributed by atoms with Gasteiger partial charge >= 0.3 is 0 Å². The lowest BCUT2D eigenvalue weighted by Gasteiger charge is -2.34. The molecular weight excluding hydrogens is 290 g/mol. The topological polar surface area (TPSA) is 12.5 Å². The molecule has 1 fully saturated rings. The highest BCUT2D eigenvalue weighted by Gasteiger charge is 2.20. The number of hydrogen-bond donors (Lipinski definition) is 0. The van der Waals surface area contributed by atoms with Crippen LogP contribution in [0.15, 0.2) is 24.3 Å². The number of halogens is 1. The van der Waals surface area contributed by atoms with Crippen molar-refractivity contribution in [2.45, 2.75) is 37.6 Å². The molecule has 1 aromatic rings. The van der Waals surface area contributed by atoms with Gasteiger partial charge < -0.3 is 9.64 Å². The molecule has 0 radical (unpaired) electrons. The zero-order valence-electron chi connectivity index (χ0n) is 11.1. The van der Waals surface area contributed by atoms with Crippen LogP contribution in [0.25, 0.3) is 0 Å². The summed E-state index contributed by atoms with van der Waals surface area (Å²) in [5.74, 6) is 0. The van der Waals surface area contributed by atoms with Crippen LogP contribution in [-0.4, -0.2) is 25.8 Å². The predicted octanol–water partition coefficient (Wildman–Crippen LogP) is 3.98. The SMILES string of the molecule is CCCOC1CCCN(c2ccc(CBr)cc2)C1. The molecule has 1 atom stereocenters. The van der Waals surface area contributed by atoms with Crippen LogP contribution in [-0.2, 0) is 10.1 Å². The van der Waals surface area contributed by atoms with Crippen LogP contribution in [0.3, 0.4) is 0 Å². The number of nitrogens with zero attached hydrogens (tertiary/aromatic N) is 1. The van der Waals surface area contributed by atoms with E-state index >= 15 is 0 Å². The molecule has 2 nitrogen and oxygen atoms in total. The zero-order valence-corrected chi connectivity index (χ0v) is 12.7. The molecule has 1 saturated heterocycles. The summed E-state index contributed by atoms with van der Waals surface area (Å²) in [6, 6.07) is 8.83. The highest BCUT2D eigenvalue weighted by Crippen LogP contribution is 2.22. The van der Waals surface area contributed by atoms with Gasteiger partial charge in [0.05, 0.1) is 6.10 Å². The first-order valence-electron chi connectivity index (χ1n) is 6.85. The molecule has 0 bridgehead atoms. The summed E-state index contributed by atoms with van der Waals surface area (Å²) in [5.41, 5.74) is 2.65. The van der Waals surface area contributed by atoms with E-state index in [0.29, 0.717) is 6.10 Å². The molecule has 3 heteroatoms. The Balaban J connectivity index is 1.94. The largest absolute Gasteiger partial charge is 0.376 e. The molecule has 2 rings (SSSR count). The van der Waals surface area contributed by atoms with E-state index < -0.39 is 0 Å². The Kier molecular flexibility index (Phi) is 5.51. The van der Waals surface area contributed by atoms with Gasteiger partial charge in [-0.3, -0.25) is 0 Å². The van der Waals surface area contributed by atoms with Crippen LogP contribution in [0.2, 0.25) is 0 Å². The Morgan fingerprint density at radius 2 is 2.11 bits per heavy atom. The van der Waals surface area contributed by atoms with Crippen molar-refractivity contribution in [2.75, 3.05) is 24.6 Å². The van der Waals surface area contributed by atoms with E-state index in [-0.39, 0.29) is 0 Å². The Morgan fingerprint density at radius 1 is 1.33 bits per heavy atom. The average Bonchev–Trinajstić information content (AvgIpc) is 2.45. The van der Waals surface area contributed by atoms with E-state index in [1.165, 1.54) is 24.1 Å². The Morgan fingerprint density at radius 3 is 2.78 bits per heavy atom. The molecule has 18 heavy (non-hydrogen) atoms. The van der Waals surface area contributed by atoms with E-state index in [1.54, 1.807) is 0 Å². The van der Waals surface area contributed by atoms with Crippen LogP contribution < -0.4 is 4.90 Å². The number of piperidine rings is 1. The summed E-state index contributed by atoms with van der Waals surface area (Å²) >= 11 is 3.48. The van der Waals surface area contributed by atoms with Crippen molar-refractivity contribution >= 4 is 21.6 Å². The number of alkyl halides is 1. The first-order valence-corrected chi connectivity index (χ1v) is 7.97. The molecular formula is C15H22BrNO. The maximum atomic E-state index is 5.88. The number of benzene rings is 1. The number of rotatable bonds is 5. The van der Waals surface area contributed by atoms with E-state index in [0.717, 1.165) is 31.4 Å². The lowest BCUT2D eigenvalue weighted by molar-refractivity contribution is 0.0440. The minimum Gasteiger partial charge on any atom is -0.376 e. The highest BCUT2D eigenvalue weighted by atomic mass is 79.9. The molecule has 1 unspecified atom stereocenters. The molecule has 0 N–H and O–H groups in total. The van der Waals surface area contributed by atoms with E-state index in [4.69, 9.17) is 4.74 Å². The molecule has 1 aliphatic rings. The van der Waals surface area contributed by atoms with E-state index in [1.807, 2.05) is 0 Å². The van der Waals surface area contributed by atoms with Gasteiger partial charge in [-0.15, -0.1) is 0 Å².